The Hall–Kier alpha value is -0.760. The van der Waals surface area contributed by atoms with E-state index in [1.165, 1.54) is 15.9 Å². The molecule has 3 aromatic rings. The molecule has 3 rings (SSSR count). The van der Waals surface area contributed by atoms with Crippen LogP contribution in [0, 0.1) is 0 Å². The summed E-state index contributed by atoms with van der Waals surface area (Å²) in [6, 6.07) is 3.59. The lowest BCUT2D eigenvalue weighted by molar-refractivity contribution is 0.713. The molecule has 20 heavy (non-hydrogen) atoms. The van der Waals surface area contributed by atoms with Crippen LogP contribution in [0.25, 0.3) is 10.2 Å². The first-order chi connectivity index (χ1) is 9.54. The molecule has 0 saturated carbocycles. The fraction of sp³-hybridized carbons (Fsp3) is 0.0833. The van der Waals surface area contributed by atoms with Gasteiger partial charge in [-0.15, -0.1) is 11.3 Å². The van der Waals surface area contributed by atoms with E-state index in [-0.39, 0.29) is 12.1 Å². The molecule has 0 atom stereocenters. The van der Waals surface area contributed by atoms with E-state index in [1.807, 2.05) is 11.4 Å². The van der Waals surface area contributed by atoms with E-state index in [9.17, 15) is 4.79 Å². The van der Waals surface area contributed by atoms with E-state index in [0.29, 0.717) is 15.5 Å². The van der Waals surface area contributed by atoms with Crippen LogP contribution >= 0.6 is 54.8 Å². The molecule has 102 valence electrons. The van der Waals surface area contributed by atoms with Crippen molar-refractivity contribution in [2.45, 2.75) is 6.54 Å². The number of nitrogens with zero attached hydrogens (tertiary/aromatic N) is 3. The molecule has 8 heteroatoms. The predicted molar refractivity (Wildman–Crippen MR) is 87.6 cm³/mol. The number of pyridine rings is 1. The van der Waals surface area contributed by atoms with Gasteiger partial charge in [-0.2, -0.15) is 0 Å². The average molecular weight is 436 g/mol. The number of fused-ring (bicyclic) bond motifs is 1. The Balaban J connectivity index is 2.07. The summed E-state index contributed by atoms with van der Waals surface area (Å²) in [6.07, 6.45) is 1.70. The SMILES string of the molecule is O=c1c(Br)cc(Br)cn1Cc1nc(Cl)c2ccsc2n1. The molecule has 4 nitrogen and oxygen atoms in total. The van der Waals surface area contributed by atoms with Gasteiger partial charge in [-0.1, -0.05) is 11.6 Å². The van der Waals surface area contributed by atoms with Crippen molar-refractivity contribution in [3.8, 4) is 0 Å². The van der Waals surface area contributed by atoms with E-state index in [2.05, 4.69) is 41.8 Å². The second-order valence-corrected chi connectivity index (χ2v) is 7.03. The van der Waals surface area contributed by atoms with Crippen LogP contribution in [0.2, 0.25) is 5.15 Å². The van der Waals surface area contributed by atoms with Crippen molar-refractivity contribution in [2.75, 3.05) is 0 Å². The van der Waals surface area contributed by atoms with Crippen molar-refractivity contribution in [2.24, 2.45) is 0 Å². The lowest BCUT2D eigenvalue weighted by Crippen LogP contribution is -2.21. The second kappa shape index (κ2) is 5.55. The molecule has 3 heterocycles. The molecular formula is C12H6Br2ClN3OS. The van der Waals surface area contributed by atoms with E-state index in [4.69, 9.17) is 11.6 Å². The molecule has 0 aliphatic heterocycles. The quantitative estimate of drug-likeness (QED) is 0.570. The molecule has 0 N–H and O–H groups in total. The maximum absolute atomic E-state index is 12.0. The first-order valence-electron chi connectivity index (χ1n) is 5.49. The first-order valence-corrected chi connectivity index (χ1v) is 8.34. The fourth-order valence-electron chi connectivity index (χ4n) is 1.77. The molecule has 0 bridgehead atoms. The van der Waals surface area contributed by atoms with Crippen molar-refractivity contribution < 1.29 is 0 Å². The van der Waals surface area contributed by atoms with Gasteiger partial charge in [-0.25, -0.2) is 9.97 Å². The molecule has 0 amide bonds. The summed E-state index contributed by atoms with van der Waals surface area (Å²) in [6.45, 7) is 0.268. The topological polar surface area (TPSA) is 47.8 Å². The Labute approximate surface area is 139 Å². The Bertz CT molecular complexity index is 862. The van der Waals surface area contributed by atoms with E-state index in [0.717, 1.165) is 14.7 Å². The molecule has 0 aromatic carbocycles. The van der Waals surface area contributed by atoms with Crippen LogP contribution in [-0.4, -0.2) is 14.5 Å². The first kappa shape index (κ1) is 14.2. The van der Waals surface area contributed by atoms with Gasteiger partial charge in [0.1, 0.15) is 9.98 Å². The van der Waals surface area contributed by atoms with Crippen LogP contribution < -0.4 is 5.56 Å². The summed E-state index contributed by atoms with van der Waals surface area (Å²) < 4.78 is 2.81. The van der Waals surface area contributed by atoms with Gasteiger partial charge in [0, 0.05) is 16.1 Å². The van der Waals surface area contributed by atoms with Gasteiger partial charge in [0.25, 0.3) is 5.56 Å². The van der Waals surface area contributed by atoms with E-state index in [1.54, 1.807) is 12.3 Å². The highest BCUT2D eigenvalue weighted by atomic mass is 79.9. The molecule has 3 aromatic heterocycles. The van der Waals surface area contributed by atoms with Gasteiger partial charge in [0.05, 0.1) is 11.0 Å². The molecule has 0 unspecified atom stereocenters. The number of halogens is 3. The number of thiophene rings is 1. The number of aromatic nitrogens is 3. The summed E-state index contributed by atoms with van der Waals surface area (Å²) in [5.41, 5.74) is -0.140. The standard InChI is InChI=1S/C12H6Br2ClN3OS/c13-6-3-8(14)12(19)18(4-6)5-9-16-10(15)7-1-2-20-11(7)17-9/h1-4H,5H2. The zero-order valence-corrected chi connectivity index (χ0v) is 14.6. The summed E-state index contributed by atoms with van der Waals surface area (Å²) in [5, 5.41) is 3.16. The Morgan fingerprint density at radius 1 is 1.35 bits per heavy atom. The molecule has 0 aliphatic rings. The summed E-state index contributed by atoms with van der Waals surface area (Å²) in [7, 11) is 0. The summed E-state index contributed by atoms with van der Waals surface area (Å²) in [5.74, 6) is 0.511. The Kier molecular flexibility index (Phi) is 3.94. The predicted octanol–water partition coefficient (Wildman–Crippen LogP) is 4.08. The Morgan fingerprint density at radius 3 is 2.95 bits per heavy atom. The maximum atomic E-state index is 12.0. The second-order valence-electron chi connectivity index (χ2n) is 4.01. The zero-order chi connectivity index (χ0) is 14.3. The van der Waals surface area contributed by atoms with Crippen LogP contribution in [0.3, 0.4) is 0 Å². The maximum Gasteiger partial charge on any atom is 0.265 e. The van der Waals surface area contributed by atoms with Gasteiger partial charge in [-0.3, -0.25) is 4.79 Å². The largest absolute Gasteiger partial charge is 0.306 e. The van der Waals surface area contributed by atoms with Crippen molar-refractivity contribution in [1.29, 1.82) is 0 Å². The highest BCUT2D eigenvalue weighted by molar-refractivity contribution is 9.11. The third kappa shape index (κ3) is 2.67. The van der Waals surface area contributed by atoms with Crippen LogP contribution in [0.4, 0.5) is 0 Å². The normalized spacial score (nSPS) is 11.2. The lowest BCUT2D eigenvalue weighted by Gasteiger charge is -2.07. The van der Waals surface area contributed by atoms with Gasteiger partial charge in [0.15, 0.2) is 5.82 Å². The van der Waals surface area contributed by atoms with E-state index >= 15 is 0 Å². The van der Waals surface area contributed by atoms with Crippen molar-refractivity contribution in [3.05, 3.63) is 54.0 Å². The van der Waals surface area contributed by atoms with Crippen molar-refractivity contribution in [3.63, 3.8) is 0 Å². The Morgan fingerprint density at radius 2 is 2.15 bits per heavy atom. The van der Waals surface area contributed by atoms with Crippen LogP contribution in [0.5, 0.6) is 0 Å². The smallest absolute Gasteiger partial charge is 0.265 e. The zero-order valence-electron chi connectivity index (χ0n) is 9.81. The third-order valence-electron chi connectivity index (χ3n) is 2.65. The van der Waals surface area contributed by atoms with Gasteiger partial charge < -0.3 is 4.57 Å². The van der Waals surface area contributed by atoms with Gasteiger partial charge in [0.2, 0.25) is 0 Å². The van der Waals surface area contributed by atoms with Crippen LogP contribution in [0.1, 0.15) is 5.82 Å². The van der Waals surface area contributed by atoms with Crippen molar-refractivity contribution >= 4 is 65.0 Å². The molecule has 0 radical (unpaired) electrons. The average Bonchev–Trinajstić information content (AvgIpc) is 2.84. The molecule has 0 spiro atoms. The lowest BCUT2D eigenvalue weighted by atomic mass is 10.4. The highest BCUT2D eigenvalue weighted by Crippen LogP contribution is 2.25. The highest BCUT2D eigenvalue weighted by Gasteiger charge is 2.10. The molecule has 0 aliphatic carbocycles. The van der Waals surface area contributed by atoms with E-state index < -0.39 is 0 Å². The van der Waals surface area contributed by atoms with Crippen molar-refractivity contribution in [1.82, 2.24) is 14.5 Å². The third-order valence-corrected chi connectivity index (χ3v) is 4.74. The molecule has 0 fully saturated rings. The fourth-order valence-corrected chi connectivity index (χ4v) is 4.11. The molecular weight excluding hydrogens is 429 g/mol. The number of rotatable bonds is 2. The van der Waals surface area contributed by atoms with Crippen LogP contribution in [-0.2, 0) is 6.54 Å². The van der Waals surface area contributed by atoms with Crippen LogP contribution in [0.15, 0.2) is 37.4 Å². The minimum atomic E-state index is -0.140. The molecule has 0 saturated heterocycles. The summed E-state index contributed by atoms with van der Waals surface area (Å²) >= 11 is 14.2. The minimum Gasteiger partial charge on any atom is -0.306 e. The van der Waals surface area contributed by atoms with Gasteiger partial charge >= 0.3 is 0 Å². The minimum absolute atomic E-state index is 0.140. The summed E-state index contributed by atoms with van der Waals surface area (Å²) in [4.78, 5) is 21.5. The number of hydrogen-bond donors (Lipinski definition) is 0. The monoisotopic (exact) mass is 433 g/mol. The van der Waals surface area contributed by atoms with Gasteiger partial charge in [-0.05, 0) is 49.4 Å². The number of hydrogen-bond acceptors (Lipinski definition) is 4.